The van der Waals surface area contributed by atoms with Gasteiger partial charge in [0, 0.05) is 31.7 Å². The van der Waals surface area contributed by atoms with Gasteiger partial charge in [0.1, 0.15) is 5.82 Å². The monoisotopic (exact) mass is 296 g/mol. The van der Waals surface area contributed by atoms with Crippen molar-refractivity contribution in [3.8, 4) is 0 Å². The molecule has 1 aliphatic heterocycles. The van der Waals surface area contributed by atoms with E-state index >= 15 is 0 Å². The van der Waals surface area contributed by atoms with E-state index in [9.17, 15) is 4.79 Å². The first kappa shape index (κ1) is 15.1. The Hall–Kier alpha value is -1.33. The van der Waals surface area contributed by atoms with Crippen LogP contribution < -0.4 is 15.5 Å². The van der Waals surface area contributed by atoms with Gasteiger partial charge in [0.25, 0.3) is 0 Å². The molecule has 2 rings (SSSR count). The molecule has 1 atom stereocenters. The largest absolute Gasteiger partial charge is 0.353 e. The Bertz CT molecular complexity index is 455. The predicted molar refractivity (Wildman–Crippen MR) is 81.2 cm³/mol. The van der Waals surface area contributed by atoms with Gasteiger partial charge in [-0.15, -0.1) is 0 Å². The number of nitrogens with zero attached hydrogens (tertiary/aromatic N) is 2. The van der Waals surface area contributed by atoms with Gasteiger partial charge in [0.05, 0.1) is 5.02 Å². The summed E-state index contributed by atoms with van der Waals surface area (Å²) >= 11 is 6.14. The van der Waals surface area contributed by atoms with Crippen molar-refractivity contribution in [2.24, 2.45) is 0 Å². The Labute approximate surface area is 124 Å². The van der Waals surface area contributed by atoms with Crippen molar-refractivity contribution < 1.29 is 4.79 Å². The lowest BCUT2D eigenvalue weighted by atomic mass is 10.2. The molecular weight excluding hydrogens is 276 g/mol. The van der Waals surface area contributed by atoms with Gasteiger partial charge < -0.3 is 15.5 Å². The maximum absolute atomic E-state index is 11.8. The second-order valence-electron chi connectivity index (χ2n) is 5.02. The SMILES string of the molecule is CNCCCC(=O)NC1CCN(c2ncccc2Cl)C1. The number of rotatable bonds is 6. The lowest BCUT2D eigenvalue weighted by Gasteiger charge is -2.18. The lowest BCUT2D eigenvalue weighted by Crippen LogP contribution is -2.37. The highest BCUT2D eigenvalue weighted by Crippen LogP contribution is 2.25. The summed E-state index contributed by atoms with van der Waals surface area (Å²) in [6.45, 7) is 2.51. The van der Waals surface area contributed by atoms with E-state index < -0.39 is 0 Å². The summed E-state index contributed by atoms with van der Waals surface area (Å²) < 4.78 is 0. The second kappa shape index (κ2) is 7.45. The molecule has 1 amide bonds. The van der Waals surface area contributed by atoms with E-state index in [1.54, 1.807) is 6.20 Å². The molecule has 2 heterocycles. The molecule has 2 N–H and O–H groups in total. The minimum atomic E-state index is 0.124. The molecule has 1 fully saturated rings. The number of carbonyl (C=O) groups excluding carboxylic acids is 1. The molecule has 0 aliphatic carbocycles. The Morgan fingerprint density at radius 1 is 1.60 bits per heavy atom. The van der Waals surface area contributed by atoms with Crippen LogP contribution in [0.3, 0.4) is 0 Å². The Morgan fingerprint density at radius 2 is 2.45 bits per heavy atom. The number of amides is 1. The fraction of sp³-hybridized carbons (Fsp3) is 0.571. The van der Waals surface area contributed by atoms with Crippen LogP contribution in [0.1, 0.15) is 19.3 Å². The maximum Gasteiger partial charge on any atom is 0.220 e. The number of aromatic nitrogens is 1. The number of hydrogen-bond acceptors (Lipinski definition) is 4. The normalized spacial score (nSPS) is 18.3. The summed E-state index contributed by atoms with van der Waals surface area (Å²) in [6, 6.07) is 3.85. The first-order valence-corrected chi connectivity index (χ1v) is 7.38. The van der Waals surface area contributed by atoms with E-state index in [-0.39, 0.29) is 11.9 Å². The van der Waals surface area contributed by atoms with Crippen molar-refractivity contribution in [2.75, 3.05) is 31.6 Å². The molecule has 6 heteroatoms. The molecular formula is C14H21ClN4O. The Morgan fingerprint density at radius 3 is 3.20 bits per heavy atom. The third-order valence-corrected chi connectivity index (χ3v) is 3.72. The molecule has 110 valence electrons. The van der Waals surface area contributed by atoms with E-state index in [1.807, 2.05) is 19.2 Å². The van der Waals surface area contributed by atoms with Crippen molar-refractivity contribution in [1.29, 1.82) is 0 Å². The fourth-order valence-corrected chi connectivity index (χ4v) is 2.65. The van der Waals surface area contributed by atoms with Gasteiger partial charge >= 0.3 is 0 Å². The molecule has 1 unspecified atom stereocenters. The van der Waals surface area contributed by atoms with Crippen LogP contribution in [0.5, 0.6) is 0 Å². The molecule has 1 saturated heterocycles. The number of nitrogens with one attached hydrogen (secondary N) is 2. The third-order valence-electron chi connectivity index (χ3n) is 3.42. The predicted octanol–water partition coefficient (Wildman–Crippen LogP) is 1.43. The summed E-state index contributed by atoms with van der Waals surface area (Å²) in [5, 5.41) is 6.78. The molecule has 20 heavy (non-hydrogen) atoms. The first-order valence-electron chi connectivity index (χ1n) is 7.00. The highest BCUT2D eigenvalue weighted by Gasteiger charge is 2.25. The van der Waals surface area contributed by atoms with Crippen LogP contribution in [0.4, 0.5) is 5.82 Å². The number of carbonyl (C=O) groups is 1. The lowest BCUT2D eigenvalue weighted by molar-refractivity contribution is -0.121. The van der Waals surface area contributed by atoms with E-state index in [1.165, 1.54) is 0 Å². The van der Waals surface area contributed by atoms with Gasteiger partial charge in [-0.2, -0.15) is 0 Å². The summed E-state index contributed by atoms with van der Waals surface area (Å²) in [6.07, 6.45) is 4.11. The molecule has 1 aromatic rings. The number of hydrogen-bond donors (Lipinski definition) is 2. The zero-order chi connectivity index (χ0) is 14.4. The van der Waals surface area contributed by atoms with Gasteiger partial charge in [-0.05, 0) is 38.6 Å². The summed E-state index contributed by atoms with van der Waals surface area (Å²) in [4.78, 5) is 18.2. The van der Waals surface area contributed by atoms with Crippen molar-refractivity contribution >= 4 is 23.3 Å². The molecule has 0 saturated carbocycles. The number of anilines is 1. The van der Waals surface area contributed by atoms with E-state index in [0.29, 0.717) is 11.4 Å². The topological polar surface area (TPSA) is 57.3 Å². The molecule has 0 bridgehead atoms. The molecule has 0 aromatic carbocycles. The van der Waals surface area contributed by atoms with Crippen molar-refractivity contribution in [3.63, 3.8) is 0 Å². The van der Waals surface area contributed by atoms with Crippen molar-refractivity contribution in [3.05, 3.63) is 23.4 Å². The van der Waals surface area contributed by atoms with Crippen LogP contribution in [-0.2, 0) is 4.79 Å². The van der Waals surface area contributed by atoms with Gasteiger partial charge in [0.15, 0.2) is 0 Å². The molecule has 5 nitrogen and oxygen atoms in total. The standard InChI is InChI=1S/C14H21ClN4O/c1-16-7-3-5-13(20)18-11-6-9-19(10-11)14-12(15)4-2-8-17-14/h2,4,8,11,16H,3,5-7,9-10H2,1H3,(H,18,20). The first-order chi connectivity index (χ1) is 9.70. The van der Waals surface area contributed by atoms with Crippen LogP contribution in [0, 0.1) is 0 Å². The Balaban J connectivity index is 1.81. The van der Waals surface area contributed by atoms with Crippen LogP contribution in [0.25, 0.3) is 0 Å². The highest BCUT2D eigenvalue weighted by atomic mass is 35.5. The van der Waals surface area contributed by atoms with Gasteiger partial charge in [-0.3, -0.25) is 4.79 Å². The van der Waals surface area contributed by atoms with E-state index in [0.717, 1.165) is 38.3 Å². The van der Waals surface area contributed by atoms with Gasteiger partial charge in [-0.1, -0.05) is 11.6 Å². The maximum atomic E-state index is 11.8. The minimum Gasteiger partial charge on any atom is -0.353 e. The third kappa shape index (κ3) is 4.08. The molecule has 0 radical (unpaired) electrons. The van der Waals surface area contributed by atoms with E-state index in [2.05, 4.69) is 20.5 Å². The van der Waals surface area contributed by atoms with Crippen molar-refractivity contribution in [2.45, 2.75) is 25.3 Å². The molecule has 0 spiro atoms. The molecule has 1 aliphatic rings. The quantitative estimate of drug-likeness (QED) is 0.780. The number of halogens is 1. The highest BCUT2D eigenvalue weighted by molar-refractivity contribution is 6.32. The number of pyridine rings is 1. The summed E-state index contributed by atoms with van der Waals surface area (Å²) in [7, 11) is 1.89. The van der Waals surface area contributed by atoms with Crippen LogP contribution >= 0.6 is 11.6 Å². The fourth-order valence-electron chi connectivity index (χ4n) is 2.41. The minimum absolute atomic E-state index is 0.124. The van der Waals surface area contributed by atoms with Crippen LogP contribution in [0.15, 0.2) is 18.3 Å². The zero-order valence-electron chi connectivity index (χ0n) is 11.7. The summed E-state index contributed by atoms with van der Waals surface area (Å²) in [5.41, 5.74) is 0. The Kier molecular flexibility index (Phi) is 5.61. The zero-order valence-corrected chi connectivity index (χ0v) is 12.5. The average Bonchev–Trinajstić information content (AvgIpc) is 2.88. The van der Waals surface area contributed by atoms with Crippen LogP contribution in [-0.4, -0.2) is 43.6 Å². The smallest absolute Gasteiger partial charge is 0.220 e. The summed E-state index contributed by atoms with van der Waals surface area (Å²) in [5.74, 6) is 0.931. The van der Waals surface area contributed by atoms with Crippen LogP contribution in [0.2, 0.25) is 5.02 Å². The second-order valence-corrected chi connectivity index (χ2v) is 5.42. The molecule has 1 aromatic heterocycles. The van der Waals surface area contributed by atoms with E-state index in [4.69, 9.17) is 11.6 Å². The van der Waals surface area contributed by atoms with Gasteiger partial charge in [0.2, 0.25) is 5.91 Å². The average molecular weight is 297 g/mol. The van der Waals surface area contributed by atoms with Crippen molar-refractivity contribution in [1.82, 2.24) is 15.6 Å². The van der Waals surface area contributed by atoms with Gasteiger partial charge in [-0.25, -0.2) is 4.98 Å².